The second kappa shape index (κ2) is 3.69. The molecule has 0 bridgehead atoms. The van der Waals surface area contributed by atoms with Crippen LogP contribution < -0.4 is 10.3 Å². The van der Waals surface area contributed by atoms with Gasteiger partial charge in [-0.05, 0) is 29.7 Å². The highest BCUT2D eigenvalue weighted by atomic mass is 16.5. The number of nitrogens with one attached hydrogen (secondary N) is 1. The maximum Gasteiger partial charge on any atom is 0.352 e. The van der Waals surface area contributed by atoms with Crippen molar-refractivity contribution in [3.05, 3.63) is 40.3 Å². The zero-order chi connectivity index (χ0) is 11.7. The number of methoxy groups -OCH3 is 1. The predicted octanol–water partition coefficient (Wildman–Crippen LogP) is 1.23. The third kappa shape index (κ3) is 1.63. The van der Waals surface area contributed by atoms with Gasteiger partial charge < -0.3 is 14.8 Å². The molecule has 0 unspecified atom stereocenters. The highest BCUT2D eigenvalue weighted by Gasteiger charge is 2.07. The molecule has 0 saturated carbocycles. The van der Waals surface area contributed by atoms with Gasteiger partial charge in [0.05, 0.1) is 7.11 Å². The Hall–Kier alpha value is -2.30. The summed E-state index contributed by atoms with van der Waals surface area (Å²) in [6.07, 6.45) is 0. The van der Waals surface area contributed by atoms with Crippen LogP contribution in [0.25, 0.3) is 10.8 Å². The van der Waals surface area contributed by atoms with Crippen LogP contribution in [0.1, 0.15) is 10.5 Å². The van der Waals surface area contributed by atoms with Gasteiger partial charge in [-0.3, -0.25) is 4.79 Å². The average molecular weight is 219 g/mol. The van der Waals surface area contributed by atoms with Gasteiger partial charge in [0, 0.05) is 5.39 Å². The second-order valence-corrected chi connectivity index (χ2v) is 3.27. The normalized spacial score (nSPS) is 10.3. The molecule has 1 aromatic heterocycles. The summed E-state index contributed by atoms with van der Waals surface area (Å²) in [7, 11) is 1.51. The maximum absolute atomic E-state index is 11.5. The molecule has 2 rings (SSSR count). The van der Waals surface area contributed by atoms with E-state index >= 15 is 0 Å². The molecule has 0 radical (unpaired) electrons. The average Bonchev–Trinajstić information content (AvgIpc) is 2.28. The predicted molar refractivity (Wildman–Crippen MR) is 58.1 cm³/mol. The van der Waals surface area contributed by atoms with E-state index in [1.165, 1.54) is 13.2 Å². The number of fused-ring (bicyclic) bond motifs is 1. The number of H-pyrrole nitrogens is 1. The summed E-state index contributed by atoms with van der Waals surface area (Å²) in [6, 6.07) is 6.27. The fourth-order valence-electron chi connectivity index (χ4n) is 1.49. The number of rotatable bonds is 2. The second-order valence-electron chi connectivity index (χ2n) is 3.27. The van der Waals surface area contributed by atoms with Gasteiger partial charge in [-0.25, -0.2) is 4.79 Å². The number of hydrogen-bond acceptors (Lipinski definition) is 3. The number of hydrogen-bond donors (Lipinski definition) is 2. The molecule has 5 nitrogen and oxygen atoms in total. The number of carboxylic acid groups (broad SMARTS) is 1. The van der Waals surface area contributed by atoms with Crippen LogP contribution in [0.3, 0.4) is 0 Å². The number of ether oxygens (including phenoxy) is 1. The van der Waals surface area contributed by atoms with Crippen molar-refractivity contribution in [1.29, 1.82) is 0 Å². The molecule has 0 spiro atoms. The minimum atomic E-state index is -1.16. The number of carbonyl (C=O) groups is 1. The topological polar surface area (TPSA) is 79.4 Å². The summed E-state index contributed by atoms with van der Waals surface area (Å²) in [5.41, 5.74) is -0.552. The van der Waals surface area contributed by atoms with Crippen LogP contribution in [0.5, 0.6) is 5.75 Å². The van der Waals surface area contributed by atoms with E-state index in [0.717, 1.165) is 0 Å². The summed E-state index contributed by atoms with van der Waals surface area (Å²) in [5.74, 6) is -0.587. The van der Waals surface area contributed by atoms with Crippen molar-refractivity contribution >= 4 is 16.7 Å². The lowest BCUT2D eigenvalue weighted by Gasteiger charge is -2.02. The molecule has 0 saturated heterocycles. The molecule has 0 fully saturated rings. The zero-order valence-corrected chi connectivity index (χ0v) is 8.48. The van der Waals surface area contributed by atoms with Crippen LogP contribution in [-0.2, 0) is 0 Å². The van der Waals surface area contributed by atoms with Crippen molar-refractivity contribution in [3.63, 3.8) is 0 Å². The lowest BCUT2D eigenvalue weighted by atomic mass is 10.1. The van der Waals surface area contributed by atoms with Gasteiger partial charge in [-0.2, -0.15) is 0 Å². The first-order valence-corrected chi connectivity index (χ1v) is 4.56. The van der Waals surface area contributed by atoms with Gasteiger partial charge >= 0.3 is 5.97 Å². The van der Waals surface area contributed by atoms with E-state index in [9.17, 15) is 9.59 Å². The summed E-state index contributed by atoms with van der Waals surface area (Å²) in [5, 5.41) is 9.77. The SMILES string of the molecule is COc1ccc2c(=O)[nH]c(C(=O)O)cc2c1. The molecule has 0 atom stereocenters. The van der Waals surface area contributed by atoms with Crippen LogP contribution in [0, 0.1) is 0 Å². The standard InChI is InChI=1S/C11H9NO4/c1-16-7-2-3-8-6(4-7)5-9(11(14)15)12-10(8)13/h2-5H,1H3,(H,12,13)(H,14,15). The Labute approximate surface area is 90.3 Å². The molecule has 82 valence electrons. The minimum absolute atomic E-state index is 0.134. The van der Waals surface area contributed by atoms with E-state index in [2.05, 4.69) is 4.98 Å². The Bertz CT molecular complexity index is 615. The van der Waals surface area contributed by atoms with Crippen LogP contribution in [0.15, 0.2) is 29.1 Å². The third-order valence-corrected chi connectivity index (χ3v) is 2.28. The first-order valence-electron chi connectivity index (χ1n) is 4.56. The molecule has 0 aliphatic heterocycles. The molecule has 5 heteroatoms. The van der Waals surface area contributed by atoms with Gasteiger partial charge in [-0.1, -0.05) is 0 Å². The molecule has 0 aliphatic carbocycles. The largest absolute Gasteiger partial charge is 0.497 e. The highest BCUT2D eigenvalue weighted by Crippen LogP contribution is 2.18. The van der Waals surface area contributed by atoms with E-state index in [1.54, 1.807) is 18.2 Å². The van der Waals surface area contributed by atoms with Gasteiger partial charge in [0.2, 0.25) is 0 Å². The molecule has 16 heavy (non-hydrogen) atoms. The van der Waals surface area contributed by atoms with Crippen LogP contribution >= 0.6 is 0 Å². The van der Waals surface area contributed by atoms with Crippen molar-refractivity contribution in [2.24, 2.45) is 0 Å². The number of aromatic nitrogens is 1. The minimum Gasteiger partial charge on any atom is -0.497 e. The van der Waals surface area contributed by atoms with E-state index < -0.39 is 11.5 Å². The van der Waals surface area contributed by atoms with E-state index in [4.69, 9.17) is 9.84 Å². The summed E-state index contributed by atoms with van der Waals surface area (Å²) in [6.45, 7) is 0. The van der Waals surface area contributed by atoms with Crippen molar-refractivity contribution in [2.75, 3.05) is 7.11 Å². The van der Waals surface area contributed by atoms with Gasteiger partial charge in [-0.15, -0.1) is 0 Å². The third-order valence-electron chi connectivity index (χ3n) is 2.28. The van der Waals surface area contributed by atoms with Gasteiger partial charge in [0.1, 0.15) is 11.4 Å². The highest BCUT2D eigenvalue weighted by molar-refractivity contribution is 5.92. The number of aromatic carboxylic acids is 1. The Morgan fingerprint density at radius 3 is 2.75 bits per heavy atom. The summed E-state index contributed by atoms with van der Waals surface area (Å²) >= 11 is 0. The number of pyridine rings is 1. The molecule has 0 amide bonds. The lowest BCUT2D eigenvalue weighted by Crippen LogP contribution is -2.12. The Balaban J connectivity index is 2.78. The van der Waals surface area contributed by atoms with Crippen LogP contribution in [0.4, 0.5) is 0 Å². The van der Waals surface area contributed by atoms with Crippen LogP contribution in [0.2, 0.25) is 0 Å². The smallest absolute Gasteiger partial charge is 0.352 e. The van der Waals surface area contributed by atoms with E-state index in [0.29, 0.717) is 16.5 Å². The number of carboxylic acids is 1. The fraction of sp³-hybridized carbons (Fsp3) is 0.0909. The summed E-state index contributed by atoms with van der Waals surface area (Å²) < 4.78 is 5.00. The Morgan fingerprint density at radius 1 is 1.38 bits per heavy atom. The molecule has 1 heterocycles. The van der Waals surface area contributed by atoms with Crippen molar-refractivity contribution < 1.29 is 14.6 Å². The molecule has 2 aromatic rings. The van der Waals surface area contributed by atoms with Crippen molar-refractivity contribution in [3.8, 4) is 5.75 Å². The molecular weight excluding hydrogens is 210 g/mol. The number of aromatic amines is 1. The van der Waals surface area contributed by atoms with Gasteiger partial charge in [0.15, 0.2) is 0 Å². The van der Waals surface area contributed by atoms with Crippen molar-refractivity contribution in [1.82, 2.24) is 4.98 Å². The number of benzene rings is 1. The van der Waals surface area contributed by atoms with Crippen LogP contribution in [-0.4, -0.2) is 23.2 Å². The van der Waals surface area contributed by atoms with E-state index in [-0.39, 0.29) is 5.69 Å². The maximum atomic E-state index is 11.5. The van der Waals surface area contributed by atoms with E-state index in [1.807, 2.05) is 0 Å². The zero-order valence-electron chi connectivity index (χ0n) is 8.48. The first-order chi connectivity index (χ1) is 7.61. The molecule has 0 aliphatic rings. The van der Waals surface area contributed by atoms with Crippen molar-refractivity contribution in [2.45, 2.75) is 0 Å². The summed E-state index contributed by atoms with van der Waals surface area (Å²) in [4.78, 5) is 24.6. The molecular formula is C11H9NO4. The molecule has 2 N–H and O–H groups in total. The fourth-order valence-corrected chi connectivity index (χ4v) is 1.49. The monoisotopic (exact) mass is 219 g/mol. The Morgan fingerprint density at radius 2 is 2.12 bits per heavy atom. The first kappa shape index (κ1) is 10.2. The quantitative estimate of drug-likeness (QED) is 0.796. The van der Waals surface area contributed by atoms with Gasteiger partial charge in [0.25, 0.3) is 5.56 Å². The molecule has 1 aromatic carbocycles. The lowest BCUT2D eigenvalue weighted by molar-refractivity contribution is 0.0690. The Kier molecular flexibility index (Phi) is 2.36.